The summed E-state index contributed by atoms with van der Waals surface area (Å²) in [6, 6.07) is 39.5. The Balaban J connectivity index is 0.000000199. The number of aryl methyl sites for hydroxylation is 1. The maximum absolute atomic E-state index is 4.84. The second kappa shape index (κ2) is 19.1. The molecule has 306 valence electrons. The average Bonchev–Trinajstić information content (AvgIpc) is 3.92. The topological polar surface area (TPSA) is 35.6 Å². The molecule has 0 fully saturated rings. The average molecular weight is 783 g/mol. The Hall–Kier alpha value is -5.48. The molecular weight excluding hydrogens is 717 g/mol. The highest BCUT2D eigenvalue weighted by Gasteiger charge is 2.22. The summed E-state index contributed by atoms with van der Waals surface area (Å²) in [6.45, 7) is 27.3. The van der Waals surface area contributed by atoms with Gasteiger partial charge in [-0.05, 0) is 99.9 Å². The van der Waals surface area contributed by atoms with Gasteiger partial charge in [-0.15, -0.1) is 0 Å². The molecule has 0 N–H and O–H groups in total. The molecule has 0 aliphatic rings. The standard InChI is InChI=1S/C28H30N2.C27H36N2/c1-19(2)25-17-24(22-13-11-21(5)12-14-22)18-26(20(3)4)27(25)30-16-15-29-28(30)23-9-7-6-8-10-23;1-18(2)21(7)17-22-11-8-9-12-25(22)27-28-15-16-29(27)26-23(19(3)4)13-10-14-24(26)20(5)6/h6-20H,1-5H3;8-16,18-21H,17H2,1-7H3/t;21-/m.1/s1. The van der Waals surface area contributed by atoms with Crippen LogP contribution in [0.15, 0.2) is 134 Å². The van der Waals surface area contributed by atoms with Crippen LogP contribution in [0.2, 0.25) is 0 Å². The van der Waals surface area contributed by atoms with Crippen LogP contribution in [0.5, 0.6) is 0 Å². The van der Waals surface area contributed by atoms with Gasteiger partial charge in [-0.2, -0.15) is 0 Å². The molecule has 0 unspecified atom stereocenters. The summed E-state index contributed by atoms with van der Waals surface area (Å²) in [5.41, 5.74) is 15.6. The molecule has 1 atom stereocenters. The molecule has 0 bridgehead atoms. The molecule has 0 saturated carbocycles. The Labute approximate surface area is 355 Å². The van der Waals surface area contributed by atoms with Gasteiger partial charge in [0, 0.05) is 35.9 Å². The monoisotopic (exact) mass is 783 g/mol. The Morgan fingerprint density at radius 3 is 1.49 bits per heavy atom. The van der Waals surface area contributed by atoms with Crippen molar-refractivity contribution in [3.05, 3.63) is 167 Å². The Bertz CT molecular complexity index is 2370. The van der Waals surface area contributed by atoms with E-state index >= 15 is 0 Å². The fourth-order valence-corrected chi connectivity index (χ4v) is 8.01. The minimum absolute atomic E-state index is 0.397. The molecule has 0 aliphatic carbocycles. The van der Waals surface area contributed by atoms with Crippen molar-refractivity contribution in [1.29, 1.82) is 0 Å². The van der Waals surface area contributed by atoms with Crippen molar-refractivity contribution in [3.8, 4) is 45.3 Å². The molecule has 7 rings (SSSR count). The van der Waals surface area contributed by atoms with Crippen molar-refractivity contribution >= 4 is 0 Å². The van der Waals surface area contributed by atoms with Gasteiger partial charge in [-0.25, -0.2) is 9.97 Å². The van der Waals surface area contributed by atoms with Crippen molar-refractivity contribution in [3.63, 3.8) is 0 Å². The van der Waals surface area contributed by atoms with Crippen molar-refractivity contribution < 1.29 is 0 Å². The maximum atomic E-state index is 4.84. The fourth-order valence-electron chi connectivity index (χ4n) is 8.01. The number of hydrogen-bond acceptors (Lipinski definition) is 2. The number of para-hydroxylation sites is 1. The van der Waals surface area contributed by atoms with Crippen molar-refractivity contribution in [2.75, 3.05) is 0 Å². The zero-order valence-corrected chi connectivity index (χ0v) is 37.7. The summed E-state index contributed by atoms with van der Waals surface area (Å²) in [7, 11) is 0. The molecule has 7 aromatic rings. The lowest BCUT2D eigenvalue weighted by atomic mass is 9.88. The van der Waals surface area contributed by atoms with Crippen LogP contribution < -0.4 is 0 Å². The van der Waals surface area contributed by atoms with Gasteiger partial charge in [0.15, 0.2) is 0 Å². The minimum Gasteiger partial charge on any atom is -0.299 e. The summed E-state index contributed by atoms with van der Waals surface area (Å²) in [6.07, 6.45) is 9.15. The number of imidazole rings is 2. The Kier molecular flexibility index (Phi) is 13.9. The third kappa shape index (κ3) is 9.71. The summed E-state index contributed by atoms with van der Waals surface area (Å²) in [5.74, 6) is 5.04. The van der Waals surface area contributed by atoms with Crippen molar-refractivity contribution in [2.45, 2.75) is 113 Å². The van der Waals surface area contributed by atoms with Crippen LogP contribution in [0.25, 0.3) is 45.3 Å². The van der Waals surface area contributed by atoms with Gasteiger partial charge in [0.2, 0.25) is 0 Å². The van der Waals surface area contributed by atoms with Crippen LogP contribution in [0.1, 0.15) is 133 Å². The van der Waals surface area contributed by atoms with Crippen molar-refractivity contribution in [1.82, 2.24) is 19.1 Å². The first-order chi connectivity index (χ1) is 28.3. The van der Waals surface area contributed by atoms with E-state index in [0.717, 1.165) is 23.6 Å². The molecule has 4 nitrogen and oxygen atoms in total. The Morgan fingerprint density at radius 1 is 0.458 bits per heavy atom. The van der Waals surface area contributed by atoms with E-state index in [-0.39, 0.29) is 0 Å². The van der Waals surface area contributed by atoms with E-state index in [1.807, 2.05) is 18.5 Å². The summed E-state index contributed by atoms with van der Waals surface area (Å²) in [5, 5.41) is 0. The minimum atomic E-state index is 0.397. The number of rotatable bonds is 12. The smallest absolute Gasteiger partial charge is 0.144 e. The van der Waals surface area contributed by atoms with Crippen LogP contribution in [0, 0.1) is 18.8 Å². The number of benzene rings is 5. The van der Waals surface area contributed by atoms with Crippen LogP contribution in [-0.2, 0) is 6.42 Å². The van der Waals surface area contributed by atoms with E-state index in [4.69, 9.17) is 9.97 Å². The lowest BCUT2D eigenvalue weighted by molar-refractivity contribution is 0.417. The highest BCUT2D eigenvalue weighted by Crippen LogP contribution is 2.39. The highest BCUT2D eigenvalue weighted by molar-refractivity contribution is 5.72. The van der Waals surface area contributed by atoms with E-state index in [1.165, 1.54) is 61.4 Å². The first-order valence-corrected chi connectivity index (χ1v) is 21.8. The third-order valence-electron chi connectivity index (χ3n) is 11.9. The molecule has 0 aliphatic heterocycles. The predicted molar refractivity (Wildman–Crippen MR) is 252 cm³/mol. The summed E-state index contributed by atoms with van der Waals surface area (Å²) in [4.78, 5) is 9.56. The number of aromatic nitrogens is 4. The van der Waals surface area contributed by atoms with Gasteiger partial charge in [0.1, 0.15) is 11.6 Å². The van der Waals surface area contributed by atoms with Crippen molar-refractivity contribution in [2.24, 2.45) is 11.8 Å². The molecule has 2 aromatic heterocycles. The van der Waals surface area contributed by atoms with E-state index in [9.17, 15) is 0 Å². The molecule has 0 radical (unpaired) electrons. The molecular formula is C55H66N4. The molecule has 4 heteroatoms. The maximum Gasteiger partial charge on any atom is 0.144 e. The SMILES string of the molecule is CC(C)c1cccc(C(C)C)c1-n1ccnc1-c1ccccc1C[C@@H](C)C(C)C.Cc1ccc(-c2cc(C(C)C)c(-n3ccnc3-c3ccccc3)c(C(C)C)c2)cc1. The highest BCUT2D eigenvalue weighted by atomic mass is 15.1. The van der Waals surface area contributed by atoms with Gasteiger partial charge >= 0.3 is 0 Å². The molecule has 5 aromatic carbocycles. The first kappa shape index (κ1) is 43.1. The lowest BCUT2D eigenvalue weighted by Gasteiger charge is -2.23. The summed E-state index contributed by atoms with van der Waals surface area (Å²) < 4.78 is 4.60. The second-order valence-corrected chi connectivity index (χ2v) is 18.0. The van der Waals surface area contributed by atoms with Gasteiger partial charge in [-0.3, -0.25) is 9.13 Å². The van der Waals surface area contributed by atoms with E-state index in [1.54, 1.807) is 0 Å². The zero-order chi connectivity index (χ0) is 42.4. The van der Waals surface area contributed by atoms with Gasteiger partial charge in [0.05, 0.1) is 11.4 Å². The fraction of sp³-hybridized carbons (Fsp3) is 0.345. The predicted octanol–water partition coefficient (Wildman–Crippen LogP) is 15.4. The number of hydrogen-bond donors (Lipinski definition) is 0. The lowest BCUT2D eigenvalue weighted by Crippen LogP contribution is -2.10. The van der Waals surface area contributed by atoms with Gasteiger partial charge in [-0.1, -0.05) is 179 Å². The van der Waals surface area contributed by atoms with Gasteiger partial charge in [0.25, 0.3) is 0 Å². The molecule has 59 heavy (non-hydrogen) atoms. The molecule has 0 amide bonds. The van der Waals surface area contributed by atoms with Crippen LogP contribution in [-0.4, -0.2) is 19.1 Å². The molecule has 0 saturated heterocycles. The molecule has 2 heterocycles. The quantitative estimate of drug-likeness (QED) is 0.124. The number of nitrogens with zero attached hydrogens (tertiary/aromatic N) is 4. The van der Waals surface area contributed by atoms with E-state index in [2.05, 4.69) is 208 Å². The zero-order valence-electron chi connectivity index (χ0n) is 37.7. The second-order valence-electron chi connectivity index (χ2n) is 18.0. The normalized spacial score (nSPS) is 12.2. The Morgan fingerprint density at radius 2 is 0.949 bits per heavy atom. The van der Waals surface area contributed by atoms with Crippen LogP contribution in [0.3, 0.4) is 0 Å². The van der Waals surface area contributed by atoms with E-state index in [0.29, 0.717) is 35.5 Å². The third-order valence-corrected chi connectivity index (χ3v) is 11.9. The van der Waals surface area contributed by atoms with Crippen LogP contribution >= 0.6 is 0 Å². The molecule has 0 spiro atoms. The summed E-state index contributed by atoms with van der Waals surface area (Å²) >= 11 is 0. The largest absolute Gasteiger partial charge is 0.299 e. The first-order valence-electron chi connectivity index (χ1n) is 21.8. The van der Waals surface area contributed by atoms with Crippen LogP contribution in [0.4, 0.5) is 0 Å². The van der Waals surface area contributed by atoms with E-state index < -0.39 is 0 Å². The van der Waals surface area contributed by atoms with Gasteiger partial charge < -0.3 is 0 Å².